The van der Waals surface area contributed by atoms with E-state index in [4.69, 9.17) is 23.2 Å². The molecule has 0 bridgehead atoms. The van der Waals surface area contributed by atoms with E-state index in [-0.39, 0.29) is 13.1 Å². The number of likely N-dealkylation sites (N-methyl/N-ethyl adjacent to an activating group) is 1. The average molecular weight is 548 g/mol. The van der Waals surface area contributed by atoms with E-state index in [0.717, 1.165) is 16.1 Å². The van der Waals surface area contributed by atoms with Gasteiger partial charge in [0.25, 0.3) is 0 Å². The van der Waals surface area contributed by atoms with Crippen LogP contribution in [0.4, 0.5) is 0 Å². The van der Waals surface area contributed by atoms with Gasteiger partial charge in [-0.1, -0.05) is 89.9 Å². The van der Waals surface area contributed by atoms with Crippen LogP contribution in [0.3, 0.4) is 0 Å². The van der Waals surface area contributed by atoms with Crippen molar-refractivity contribution in [1.82, 2.24) is 14.5 Å². The number of amides is 2. The molecule has 0 aliphatic heterocycles. The molecule has 0 aliphatic carbocycles. The fourth-order valence-electron chi connectivity index (χ4n) is 3.55. The summed E-state index contributed by atoms with van der Waals surface area (Å²) in [4.78, 5) is 28.5. The van der Waals surface area contributed by atoms with Gasteiger partial charge in [0.2, 0.25) is 21.8 Å². The highest BCUT2D eigenvalue weighted by Crippen LogP contribution is 2.25. The van der Waals surface area contributed by atoms with Crippen LogP contribution in [0.25, 0.3) is 0 Å². The molecule has 3 aromatic rings. The van der Waals surface area contributed by atoms with Crippen molar-refractivity contribution in [2.75, 3.05) is 19.8 Å². The number of carbonyl (C=O) groups excluding carboxylic acids is 2. The summed E-state index contributed by atoms with van der Waals surface area (Å²) < 4.78 is 24.9. The van der Waals surface area contributed by atoms with Gasteiger partial charge in [0.15, 0.2) is 0 Å². The van der Waals surface area contributed by atoms with Crippen LogP contribution in [0.15, 0.2) is 78.9 Å². The van der Waals surface area contributed by atoms with Crippen LogP contribution in [0.2, 0.25) is 10.0 Å². The molecule has 1 N–H and O–H groups in total. The normalized spacial score (nSPS) is 12.2. The highest BCUT2D eigenvalue weighted by atomic mass is 35.5. The lowest BCUT2D eigenvalue weighted by atomic mass is 10.0. The van der Waals surface area contributed by atoms with Crippen LogP contribution in [-0.4, -0.2) is 49.3 Å². The van der Waals surface area contributed by atoms with Crippen molar-refractivity contribution in [1.29, 1.82) is 0 Å². The number of halogens is 2. The van der Waals surface area contributed by atoms with Crippen LogP contribution in [0, 0.1) is 0 Å². The Balaban J connectivity index is 1.97. The molecule has 3 rings (SSSR count). The van der Waals surface area contributed by atoms with Gasteiger partial charge >= 0.3 is 0 Å². The van der Waals surface area contributed by atoms with Crippen LogP contribution < -0.4 is 5.32 Å². The summed E-state index contributed by atoms with van der Waals surface area (Å²) in [6.07, 6.45) is 1.03. The number of nitrogens with zero attached hydrogens (tertiary/aromatic N) is 2. The second kappa shape index (κ2) is 12.4. The van der Waals surface area contributed by atoms with Gasteiger partial charge in [-0.05, 0) is 28.8 Å². The van der Waals surface area contributed by atoms with Gasteiger partial charge in [-0.25, -0.2) is 8.42 Å². The topological polar surface area (TPSA) is 86.8 Å². The molecule has 0 spiro atoms. The third-order valence-corrected chi connectivity index (χ3v) is 7.43. The Hall–Kier alpha value is -2.91. The molecule has 0 saturated carbocycles. The van der Waals surface area contributed by atoms with Crippen LogP contribution in [0.5, 0.6) is 0 Å². The fourth-order valence-corrected chi connectivity index (χ4v) is 4.37. The molecule has 1 unspecified atom stereocenters. The van der Waals surface area contributed by atoms with Crippen molar-refractivity contribution in [3.63, 3.8) is 0 Å². The van der Waals surface area contributed by atoms with E-state index in [1.54, 1.807) is 42.5 Å². The molecular weight excluding hydrogens is 521 g/mol. The van der Waals surface area contributed by atoms with Gasteiger partial charge in [-0.3, -0.25) is 9.59 Å². The minimum atomic E-state index is -3.61. The first-order chi connectivity index (χ1) is 17.1. The van der Waals surface area contributed by atoms with Crippen molar-refractivity contribution < 1.29 is 18.0 Å². The van der Waals surface area contributed by atoms with E-state index in [1.165, 1.54) is 11.9 Å². The first-order valence-electron chi connectivity index (χ1n) is 11.1. The Morgan fingerprint density at radius 3 is 2.14 bits per heavy atom. The molecule has 3 aromatic carbocycles. The molecule has 36 heavy (non-hydrogen) atoms. The van der Waals surface area contributed by atoms with E-state index in [9.17, 15) is 18.0 Å². The maximum absolute atomic E-state index is 13.6. The summed E-state index contributed by atoms with van der Waals surface area (Å²) in [6, 6.07) is 22.0. The summed E-state index contributed by atoms with van der Waals surface area (Å²) >= 11 is 12.2. The van der Waals surface area contributed by atoms with Gasteiger partial charge in [0.1, 0.15) is 6.04 Å². The lowest BCUT2D eigenvalue weighted by Crippen LogP contribution is -2.47. The van der Waals surface area contributed by atoms with Crippen molar-refractivity contribution in [2.24, 2.45) is 0 Å². The van der Waals surface area contributed by atoms with Gasteiger partial charge in [0.05, 0.1) is 12.8 Å². The smallest absolute Gasteiger partial charge is 0.247 e. The quantitative estimate of drug-likeness (QED) is 0.410. The zero-order valence-corrected chi connectivity index (χ0v) is 22.2. The molecule has 0 heterocycles. The number of hydrogen-bond donors (Lipinski definition) is 1. The molecule has 7 nitrogen and oxygen atoms in total. The molecule has 1 atom stereocenters. The zero-order valence-electron chi connectivity index (χ0n) is 19.9. The third-order valence-electron chi connectivity index (χ3n) is 5.58. The van der Waals surface area contributed by atoms with Crippen molar-refractivity contribution >= 4 is 45.0 Å². The maximum Gasteiger partial charge on any atom is 0.247 e. The van der Waals surface area contributed by atoms with Crippen LogP contribution in [-0.2, 0) is 32.7 Å². The molecule has 0 aromatic heterocycles. The highest BCUT2D eigenvalue weighted by Gasteiger charge is 2.32. The number of benzene rings is 3. The standard InChI is InChI=1S/C26H27Cl2N3O4S/c1-30(36(2,34)35)18-24(32)31(17-19-9-5-3-6-10-19)25(20-11-7-4-8-12-20)26(33)29-16-21-13-14-22(27)15-23(21)28/h3-15,25H,16-18H2,1-2H3,(H,29,33). The van der Waals surface area contributed by atoms with E-state index >= 15 is 0 Å². The van der Waals surface area contributed by atoms with Crippen molar-refractivity contribution in [2.45, 2.75) is 19.1 Å². The Labute approximate surface area is 221 Å². The lowest BCUT2D eigenvalue weighted by Gasteiger charge is -2.32. The predicted octanol–water partition coefficient (Wildman–Crippen LogP) is 4.27. The summed E-state index contributed by atoms with van der Waals surface area (Å²) in [5, 5.41) is 3.76. The molecule has 10 heteroatoms. The van der Waals surface area contributed by atoms with Crippen LogP contribution in [0.1, 0.15) is 22.7 Å². The van der Waals surface area contributed by atoms with E-state index < -0.39 is 34.4 Å². The van der Waals surface area contributed by atoms with Gasteiger partial charge in [-0.2, -0.15) is 4.31 Å². The largest absolute Gasteiger partial charge is 0.350 e. The molecule has 190 valence electrons. The van der Waals surface area contributed by atoms with E-state index in [1.807, 2.05) is 36.4 Å². The lowest BCUT2D eigenvalue weighted by molar-refractivity contribution is -0.141. The average Bonchev–Trinajstić information content (AvgIpc) is 2.83. The predicted molar refractivity (Wildman–Crippen MR) is 142 cm³/mol. The summed E-state index contributed by atoms with van der Waals surface area (Å²) in [5.41, 5.74) is 2.05. The first kappa shape index (κ1) is 27.7. The summed E-state index contributed by atoms with van der Waals surface area (Å²) in [6.45, 7) is -0.188. The SMILES string of the molecule is CN(CC(=O)N(Cc1ccccc1)C(C(=O)NCc1ccc(Cl)cc1Cl)c1ccccc1)S(C)(=O)=O. The second-order valence-electron chi connectivity index (χ2n) is 8.29. The maximum atomic E-state index is 13.6. The number of hydrogen-bond acceptors (Lipinski definition) is 4. The first-order valence-corrected chi connectivity index (χ1v) is 13.7. The third kappa shape index (κ3) is 7.54. The highest BCUT2D eigenvalue weighted by molar-refractivity contribution is 7.88. The Kier molecular flexibility index (Phi) is 9.50. The van der Waals surface area contributed by atoms with Crippen molar-refractivity contribution in [3.8, 4) is 0 Å². The number of carbonyl (C=O) groups is 2. The van der Waals surface area contributed by atoms with E-state index in [0.29, 0.717) is 21.2 Å². The van der Waals surface area contributed by atoms with Crippen LogP contribution >= 0.6 is 23.2 Å². The molecule has 0 fully saturated rings. The fraction of sp³-hybridized carbons (Fsp3) is 0.231. The number of sulfonamides is 1. The van der Waals surface area contributed by atoms with E-state index in [2.05, 4.69) is 5.32 Å². The number of nitrogens with one attached hydrogen (secondary N) is 1. The molecular formula is C26H27Cl2N3O4S. The minimum Gasteiger partial charge on any atom is -0.350 e. The molecule has 0 saturated heterocycles. The molecule has 0 radical (unpaired) electrons. The summed E-state index contributed by atoms with van der Waals surface area (Å²) in [7, 11) is -2.28. The minimum absolute atomic E-state index is 0.103. The Morgan fingerprint density at radius 1 is 0.944 bits per heavy atom. The van der Waals surface area contributed by atoms with Gasteiger partial charge < -0.3 is 10.2 Å². The Bertz CT molecular complexity index is 1310. The molecule has 2 amide bonds. The monoisotopic (exact) mass is 547 g/mol. The summed E-state index contributed by atoms with van der Waals surface area (Å²) in [5.74, 6) is -0.946. The number of rotatable bonds is 10. The Morgan fingerprint density at radius 2 is 1.56 bits per heavy atom. The van der Waals surface area contributed by atoms with Gasteiger partial charge in [-0.15, -0.1) is 0 Å². The van der Waals surface area contributed by atoms with Gasteiger partial charge in [0, 0.05) is 30.2 Å². The van der Waals surface area contributed by atoms with Crippen molar-refractivity contribution in [3.05, 3.63) is 106 Å². The zero-order chi connectivity index (χ0) is 26.3. The second-order valence-corrected chi connectivity index (χ2v) is 11.2. The molecule has 0 aliphatic rings.